The van der Waals surface area contributed by atoms with Crippen LogP contribution in [0.3, 0.4) is 0 Å². The van der Waals surface area contributed by atoms with E-state index >= 15 is 0 Å². The molecule has 0 bridgehead atoms. The number of hydrogen-bond donors (Lipinski definition) is 0. The van der Waals surface area contributed by atoms with Crippen molar-refractivity contribution >= 4 is 40.9 Å². The molecule has 0 atom stereocenters. The fraction of sp³-hybridized carbons (Fsp3) is 0.143. The van der Waals surface area contributed by atoms with Crippen molar-refractivity contribution in [2.75, 3.05) is 14.2 Å². The van der Waals surface area contributed by atoms with Crippen LogP contribution < -0.4 is 18.4 Å². The summed E-state index contributed by atoms with van der Waals surface area (Å²) >= 11 is 5.79. The predicted molar refractivity (Wildman–Crippen MR) is 80.4 cm³/mol. The second-order valence-electron chi connectivity index (χ2n) is 3.36. The van der Waals surface area contributed by atoms with E-state index in [4.69, 9.17) is 9.47 Å². The molecule has 0 aliphatic carbocycles. The molecule has 0 fully saturated rings. The van der Waals surface area contributed by atoms with Gasteiger partial charge in [-0.3, -0.25) is 0 Å². The van der Waals surface area contributed by atoms with Crippen molar-refractivity contribution < 1.29 is 14.9 Å². The summed E-state index contributed by atoms with van der Waals surface area (Å²) in [5.41, 5.74) is 0. The van der Waals surface area contributed by atoms with Crippen LogP contribution in [0.15, 0.2) is 48.5 Å². The van der Waals surface area contributed by atoms with Gasteiger partial charge in [0.15, 0.2) is 0 Å². The van der Waals surface area contributed by atoms with Crippen LogP contribution in [0, 0.1) is 0 Å². The fourth-order valence-corrected chi connectivity index (χ4v) is 2.02. The van der Waals surface area contributed by atoms with Crippen molar-refractivity contribution in [2.24, 2.45) is 0 Å². The van der Waals surface area contributed by atoms with Crippen LogP contribution in [0.2, 0.25) is 0 Å². The van der Waals surface area contributed by atoms with E-state index in [1.54, 1.807) is 14.2 Å². The molecule has 0 saturated carbocycles. The maximum atomic E-state index is 4.97. The molecule has 0 aliphatic rings. The zero-order valence-corrected chi connectivity index (χ0v) is 14.2. The van der Waals surface area contributed by atoms with Gasteiger partial charge >= 0.3 is 125 Å². The summed E-state index contributed by atoms with van der Waals surface area (Å²) in [5.74, 6) is 1.79. The van der Waals surface area contributed by atoms with Crippen LogP contribution in [0.4, 0.5) is 0 Å². The van der Waals surface area contributed by atoms with Crippen molar-refractivity contribution in [3.8, 4) is 11.5 Å². The van der Waals surface area contributed by atoms with Crippen molar-refractivity contribution in [2.45, 2.75) is 0 Å². The van der Waals surface area contributed by atoms with Crippen LogP contribution in [0.1, 0.15) is 0 Å². The van der Waals surface area contributed by atoms with Crippen molar-refractivity contribution in [1.82, 2.24) is 0 Å². The van der Waals surface area contributed by atoms with Gasteiger partial charge in [-0.25, -0.2) is 0 Å². The third-order valence-electron chi connectivity index (χ3n) is 2.08. The first kappa shape index (κ1) is 18.0. The third kappa shape index (κ3) is 7.26. The van der Waals surface area contributed by atoms with Gasteiger partial charge in [0.25, 0.3) is 0 Å². The summed E-state index contributed by atoms with van der Waals surface area (Å²) in [6, 6.07) is 15.6. The summed E-state index contributed by atoms with van der Waals surface area (Å²) in [4.78, 5) is 0. The first-order valence-corrected chi connectivity index (χ1v) is 6.99. The normalized spacial score (nSPS) is 8.53. The van der Waals surface area contributed by atoms with E-state index in [1.807, 2.05) is 48.5 Å². The second-order valence-corrected chi connectivity index (χ2v) is 5.34. The molecule has 0 saturated heterocycles. The van der Waals surface area contributed by atoms with Gasteiger partial charge in [0.1, 0.15) is 0 Å². The average Bonchev–Trinajstić information content (AvgIpc) is 2.39. The van der Waals surface area contributed by atoms with Crippen LogP contribution in [-0.2, 0) is 0 Å². The van der Waals surface area contributed by atoms with E-state index in [1.165, 1.54) is 0 Å². The predicted octanol–water partition coefficient (Wildman–Crippen LogP) is 0.153. The van der Waals surface area contributed by atoms with Gasteiger partial charge in [-0.1, -0.05) is 0 Å². The molecule has 102 valence electrons. The van der Waals surface area contributed by atoms with Crippen LogP contribution in [0.5, 0.6) is 11.5 Å². The Morgan fingerprint density at radius 2 is 1.11 bits per heavy atom. The van der Waals surface area contributed by atoms with Gasteiger partial charge in [-0.15, -0.1) is 0 Å². The van der Waals surface area contributed by atoms with E-state index in [2.05, 4.69) is 32.0 Å². The molecule has 0 aromatic heterocycles. The first-order valence-electron chi connectivity index (χ1n) is 5.28. The molecular weight excluding hydrogens is 374 g/mol. The monoisotopic (exact) mass is 392 g/mol. The SMILES string of the molecule is COc1cccc([Se])c1.COc1cccc([Se])c1.O. The number of rotatable bonds is 2. The number of hydrogen-bond acceptors (Lipinski definition) is 2. The van der Waals surface area contributed by atoms with E-state index in [0.717, 1.165) is 20.4 Å². The zero-order valence-electron chi connectivity index (χ0n) is 10.8. The third-order valence-corrected chi connectivity index (χ3v) is 3.15. The standard InChI is InChI=1S/2C7H7OSe.H2O/c2*1-8-6-3-2-4-7(9)5-6;/h2*2-5H,1H3;1H2. The maximum absolute atomic E-state index is 4.97. The minimum Gasteiger partial charge on any atom is -0.412 e. The van der Waals surface area contributed by atoms with Crippen LogP contribution in [-0.4, -0.2) is 51.7 Å². The molecule has 0 amide bonds. The summed E-state index contributed by atoms with van der Waals surface area (Å²) in [6.45, 7) is 0. The minimum absolute atomic E-state index is 0. The van der Waals surface area contributed by atoms with Gasteiger partial charge in [0.2, 0.25) is 0 Å². The number of methoxy groups -OCH3 is 2. The van der Waals surface area contributed by atoms with E-state index < -0.39 is 0 Å². The van der Waals surface area contributed by atoms with Crippen molar-refractivity contribution in [1.29, 1.82) is 0 Å². The second kappa shape index (κ2) is 9.90. The topological polar surface area (TPSA) is 50.0 Å². The van der Waals surface area contributed by atoms with Gasteiger partial charge in [-0.2, -0.15) is 0 Å². The first-order chi connectivity index (χ1) is 8.65. The Hall–Kier alpha value is -0.961. The summed E-state index contributed by atoms with van der Waals surface area (Å²) in [7, 11) is 3.32. The van der Waals surface area contributed by atoms with Gasteiger partial charge in [0.05, 0.1) is 0 Å². The average molecular weight is 390 g/mol. The minimum atomic E-state index is 0. The molecule has 2 radical (unpaired) electrons. The number of benzene rings is 2. The van der Waals surface area contributed by atoms with E-state index in [-0.39, 0.29) is 5.48 Å². The molecule has 2 rings (SSSR count). The van der Waals surface area contributed by atoms with E-state index in [9.17, 15) is 0 Å². The quantitative estimate of drug-likeness (QED) is 0.686. The molecule has 2 aromatic rings. The Labute approximate surface area is 130 Å². The number of ether oxygens (including phenoxy) is 2. The summed E-state index contributed by atoms with van der Waals surface area (Å²) in [5, 5.41) is 0. The van der Waals surface area contributed by atoms with Gasteiger partial charge in [0, 0.05) is 0 Å². The Morgan fingerprint density at radius 3 is 1.32 bits per heavy atom. The Morgan fingerprint density at radius 1 is 0.737 bits per heavy atom. The molecular formula is C14H16O3Se2. The molecule has 3 nitrogen and oxygen atoms in total. The largest absolute Gasteiger partial charge is 0.412 e. The zero-order chi connectivity index (χ0) is 13.4. The Balaban J connectivity index is 0.000000324. The smallest absolute Gasteiger partial charge is 0.412 e. The maximum Gasteiger partial charge on any atom is -0.412 e. The van der Waals surface area contributed by atoms with Gasteiger partial charge < -0.3 is 5.48 Å². The molecule has 19 heavy (non-hydrogen) atoms. The molecule has 0 aliphatic heterocycles. The summed E-state index contributed by atoms with van der Waals surface area (Å²) in [6.07, 6.45) is 0. The molecule has 0 spiro atoms. The molecule has 2 aromatic carbocycles. The molecule has 5 heteroatoms. The molecule has 0 unspecified atom stereocenters. The Bertz CT molecular complexity index is 444. The molecule has 2 N–H and O–H groups in total. The molecule has 0 heterocycles. The van der Waals surface area contributed by atoms with Crippen molar-refractivity contribution in [3.63, 3.8) is 0 Å². The van der Waals surface area contributed by atoms with Crippen LogP contribution in [0.25, 0.3) is 0 Å². The van der Waals surface area contributed by atoms with E-state index in [0.29, 0.717) is 0 Å². The van der Waals surface area contributed by atoms with Crippen LogP contribution >= 0.6 is 0 Å². The van der Waals surface area contributed by atoms with Gasteiger partial charge in [-0.05, 0) is 0 Å². The van der Waals surface area contributed by atoms with Crippen molar-refractivity contribution in [3.05, 3.63) is 48.5 Å². The fourth-order valence-electron chi connectivity index (χ4n) is 1.20. The summed E-state index contributed by atoms with van der Waals surface area (Å²) < 4.78 is 12.2. The Kier molecular flexibility index (Phi) is 9.40.